The molecular weight excluding hydrogens is 296 g/mol. The van der Waals surface area contributed by atoms with Crippen molar-refractivity contribution >= 4 is 15.8 Å². The molecule has 110 valence electrons. The maximum atomic E-state index is 11.3. The van der Waals surface area contributed by atoms with E-state index in [0.29, 0.717) is 5.75 Å². The highest BCUT2D eigenvalue weighted by atomic mass is 32.2. The Morgan fingerprint density at radius 3 is 2.24 bits per heavy atom. The molecule has 0 aliphatic rings. The minimum Gasteiger partial charge on any atom is -0.464 e. The minimum absolute atomic E-state index is 0.0669. The molecule has 7 nitrogen and oxygen atoms in total. The van der Waals surface area contributed by atoms with E-state index in [1.165, 1.54) is 43.8 Å². The summed E-state index contributed by atoms with van der Waals surface area (Å²) < 4.78 is 32.5. The standard InChI is InChI=1S/C13H12N2O5S/c1-19-13(16)11-7-15-12(8-14-11)20-9-3-5-10(6-4-9)21(2,17)18/h3-8H,1-2H3. The molecule has 0 amide bonds. The molecule has 2 aromatic rings. The summed E-state index contributed by atoms with van der Waals surface area (Å²) in [4.78, 5) is 19.1. The SMILES string of the molecule is COC(=O)c1cnc(Oc2ccc(S(C)(=O)=O)cc2)cn1. The molecular formula is C13H12N2O5S. The number of nitrogens with zero attached hydrogens (tertiary/aromatic N) is 2. The normalized spacial score (nSPS) is 11.0. The van der Waals surface area contributed by atoms with Crippen LogP contribution in [-0.2, 0) is 14.6 Å². The van der Waals surface area contributed by atoms with Crippen LogP contribution in [0.5, 0.6) is 11.6 Å². The quantitative estimate of drug-likeness (QED) is 0.789. The monoisotopic (exact) mass is 308 g/mol. The first-order chi connectivity index (χ1) is 9.90. The molecule has 0 spiro atoms. The van der Waals surface area contributed by atoms with Crippen molar-refractivity contribution in [2.45, 2.75) is 4.90 Å². The van der Waals surface area contributed by atoms with Gasteiger partial charge in [0.25, 0.3) is 0 Å². The number of aromatic nitrogens is 2. The fourth-order valence-electron chi connectivity index (χ4n) is 1.45. The zero-order valence-electron chi connectivity index (χ0n) is 11.3. The summed E-state index contributed by atoms with van der Waals surface area (Å²) in [6.07, 6.45) is 3.63. The Hall–Kier alpha value is -2.48. The molecule has 0 N–H and O–H groups in total. The zero-order chi connectivity index (χ0) is 15.5. The fourth-order valence-corrected chi connectivity index (χ4v) is 2.08. The maximum absolute atomic E-state index is 11.3. The first-order valence-corrected chi connectivity index (χ1v) is 7.67. The maximum Gasteiger partial charge on any atom is 0.358 e. The first kappa shape index (κ1) is 14.9. The predicted octanol–water partition coefficient (Wildman–Crippen LogP) is 1.46. The summed E-state index contributed by atoms with van der Waals surface area (Å²) in [6.45, 7) is 0. The number of carbonyl (C=O) groups is 1. The van der Waals surface area contributed by atoms with Crippen LogP contribution in [0.25, 0.3) is 0 Å². The van der Waals surface area contributed by atoms with Gasteiger partial charge in [0.15, 0.2) is 15.5 Å². The van der Waals surface area contributed by atoms with E-state index in [4.69, 9.17) is 4.74 Å². The topological polar surface area (TPSA) is 95.5 Å². The molecule has 8 heteroatoms. The molecule has 0 aliphatic heterocycles. The van der Waals surface area contributed by atoms with Crippen LogP contribution in [0.1, 0.15) is 10.5 Å². The summed E-state index contributed by atoms with van der Waals surface area (Å²) in [5, 5.41) is 0. The van der Waals surface area contributed by atoms with Gasteiger partial charge in [-0.05, 0) is 24.3 Å². The first-order valence-electron chi connectivity index (χ1n) is 5.78. The average Bonchev–Trinajstić information content (AvgIpc) is 2.47. The smallest absolute Gasteiger partial charge is 0.358 e. The van der Waals surface area contributed by atoms with Crippen molar-refractivity contribution in [1.82, 2.24) is 9.97 Å². The van der Waals surface area contributed by atoms with Crippen molar-refractivity contribution in [2.75, 3.05) is 13.4 Å². The van der Waals surface area contributed by atoms with E-state index >= 15 is 0 Å². The van der Waals surface area contributed by atoms with Gasteiger partial charge in [-0.1, -0.05) is 0 Å². The molecule has 2 rings (SSSR count). The van der Waals surface area contributed by atoms with Crippen molar-refractivity contribution in [3.8, 4) is 11.6 Å². The number of hydrogen-bond donors (Lipinski definition) is 0. The number of benzene rings is 1. The highest BCUT2D eigenvalue weighted by Crippen LogP contribution is 2.20. The van der Waals surface area contributed by atoms with Crippen LogP contribution in [-0.4, -0.2) is 37.7 Å². The van der Waals surface area contributed by atoms with E-state index in [0.717, 1.165) is 6.26 Å². The molecule has 1 aromatic heterocycles. The van der Waals surface area contributed by atoms with Gasteiger partial charge in [0.05, 0.1) is 24.4 Å². The number of methoxy groups -OCH3 is 1. The summed E-state index contributed by atoms with van der Waals surface area (Å²) in [5.74, 6) is -0.0103. The molecule has 0 saturated carbocycles. The molecule has 0 atom stereocenters. The molecule has 0 saturated heterocycles. The minimum atomic E-state index is -3.25. The van der Waals surface area contributed by atoms with E-state index in [1.807, 2.05) is 0 Å². The van der Waals surface area contributed by atoms with E-state index in [9.17, 15) is 13.2 Å². The van der Waals surface area contributed by atoms with Crippen molar-refractivity contribution in [1.29, 1.82) is 0 Å². The van der Waals surface area contributed by atoms with Crippen LogP contribution in [0.2, 0.25) is 0 Å². The van der Waals surface area contributed by atoms with Gasteiger partial charge in [-0.3, -0.25) is 0 Å². The number of rotatable bonds is 4. The zero-order valence-corrected chi connectivity index (χ0v) is 12.1. The van der Waals surface area contributed by atoms with Gasteiger partial charge in [0, 0.05) is 6.26 Å². The number of carbonyl (C=O) groups excluding carboxylic acids is 1. The van der Waals surface area contributed by atoms with Gasteiger partial charge < -0.3 is 9.47 Å². The Kier molecular flexibility index (Phi) is 4.18. The summed E-state index contributed by atoms with van der Waals surface area (Å²) >= 11 is 0. The third-order valence-corrected chi connectivity index (χ3v) is 3.63. The van der Waals surface area contributed by atoms with Crippen LogP contribution < -0.4 is 4.74 Å². The largest absolute Gasteiger partial charge is 0.464 e. The van der Waals surface area contributed by atoms with Crippen LogP contribution in [0.4, 0.5) is 0 Å². The average molecular weight is 308 g/mol. The lowest BCUT2D eigenvalue weighted by atomic mass is 10.3. The van der Waals surface area contributed by atoms with E-state index in [1.54, 1.807) is 0 Å². The second-order valence-electron chi connectivity index (χ2n) is 4.08. The molecule has 21 heavy (non-hydrogen) atoms. The number of hydrogen-bond acceptors (Lipinski definition) is 7. The Morgan fingerprint density at radius 2 is 1.76 bits per heavy atom. The molecule has 0 radical (unpaired) electrons. The summed E-state index contributed by atoms with van der Waals surface area (Å²) in [5.41, 5.74) is 0.0669. The summed E-state index contributed by atoms with van der Waals surface area (Å²) in [7, 11) is -2.00. The van der Waals surface area contributed by atoms with Gasteiger partial charge >= 0.3 is 5.97 Å². The second kappa shape index (κ2) is 5.88. The third kappa shape index (κ3) is 3.76. The second-order valence-corrected chi connectivity index (χ2v) is 6.09. The predicted molar refractivity (Wildman–Crippen MR) is 73.0 cm³/mol. The van der Waals surface area contributed by atoms with Crippen LogP contribution >= 0.6 is 0 Å². The molecule has 0 bridgehead atoms. The Bertz CT molecular complexity index is 739. The van der Waals surface area contributed by atoms with Crippen molar-refractivity contribution in [3.05, 3.63) is 42.4 Å². The highest BCUT2D eigenvalue weighted by Gasteiger charge is 2.09. The Labute approximate surface area is 121 Å². The van der Waals surface area contributed by atoms with E-state index < -0.39 is 15.8 Å². The van der Waals surface area contributed by atoms with Crippen molar-refractivity contribution in [2.24, 2.45) is 0 Å². The van der Waals surface area contributed by atoms with E-state index in [2.05, 4.69) is 14.7 Å². The van der Waals surface area contributed by atoms with Gasteiger partial charge in [-0.25, -0.2) is 23.2 Å². The molecule has 0 unspecified atom stereocenters. The molecule has 0 aliphatic carbocycles. The third-order valence-electron chi connectivity index (χ3n) is 2.50. The number of sulfone groups is 1. The van der Waals surface area contributed by atoms with Crippen LogP contribution in [0.15, 0.2) is 41.6 Å². The lowest BCUT2D eigenvalue weighted by Crippen LogP contribution is -2.04. The summed E-state index contributed by atoms with van der Waals surface area (Å²) in [6, 6.07) is 5.88. The van der Waals surface area contributed by atoms with E-state index in [-0.39, 0.29) is 16.5 Å². The Balaban J connectivity index is 2.13. The lowest BCUT2D eigenvalue weighted by Gasteiger charge is -2.05. The Morgan fingerprint density at radius 1 is 1.10 bits per heavy atom. The molecule has 1 aromatic carbocycles. The van der Waals surface area contributed by atoms with Gasteiger partial charge in [0.1, 0.15) is 5.75 Å². The molecule has 0 fully saturated rings. The van der Waals surface area contributed by atoms with Gasteiger partial charge in [-0.2, -0.15) is 0 Å². The van der Waals surface area contributed by atoms with Crippen LogP contribution in [0, 0.1) is 0 Å². The highest BCUT2D eigenvalue weighted by molar-refractivity contribution is 7.90. The fraction of sp³-hybridized carbons (Fsp3) is 0.154. The number of ether oxygens (including phenoxy) is 2. The number of esters is 1. The van der Waals surface area contributed by atoms with Crippen LogP contribution in [0.3, 0.4) is 0 Å². The lowest BCUT2D eigenvalue weighted by molar-refractivity contribution is 0.0593. The van der Waals surface area contributed by atoms with Gasteiger partial charge in [-0.15, -0.1) is 0 Å². The van der Waals surface area contributed by atoms with Gasteiger partial charge in [0.2, 0.25) is 5.88 Å². The van der Waals surface area contributed by atoms with Crippen molar-refractivity contribution in [3.63, 3.8) is 0 Å². The van der Waals surface area contributed by atoms with Crippen molar-refractivity contribution < 1.29 is 22.7 Å². The molecule has 1 heterocycles.